The van der Waals surface area contributed by atoms with Gasteiger partial charge in [-0.3, -0.25) is 4.79 Å². The van der Waals surface area contributed by atoms with E-state index in [9.17, 15) is 4.79 Å². The largest absolute Gasteiger partial charge is 0.481 e. The van der Waals surface area contributed by atoms with E-state index in [0.29, 0.717) is 0 Å². The molecule has 0 fully saturated rings. The molecular weight excluding hydrogens is 256 g/mol. The first-order valence-electron chi connectivity index (χ1n) is 6.47. The Morgan fingerprint density at radius 2 is 2.00 bits per heavy atom. The summed E-state index contributed by atoms with van der Waals surface area (Å²) in [6.07, 6.45) is 0.0611. The van der Waals surface area contributed by atoms with Gasteiger partial charge in [0.15, 0.2) is 0 Å². The molecule has 0 saturated heterocycles. The highest BCUT2D eigenvalue weighted by Gasteiger charge is 2.28. The number of carbonyl (C=O) groups is 1. The fourth-order valence-electron chi connectivity index (χ4n) is 2.02. The summed E-state index contributed by atoms with van der Waals surface area (Å²) in [6.45, 7) is 10.7. The second-order valence-corrected chi connectivity index (χ2v) is 8.14. The molecule has 4 heteroatoms. The van der Waals surface area contributed by atoms with Crippen molar-refractivity contribution in [2.45, 2.75) is 46.4 Å². The normalized spacial score (nSPS) is 13.6. The maximum absolute atomic E-state index is 10.8. The van der Waals surface area contributed by atoms with Crippen molar-refractivity contribution in [3.05, 3.63) is 35.4 Å². The monoisotopic (exact) mass is 279 g/mol. The van der Waals surface area contributed by atoms with E-state index in [-0.39, 0.29) is 17.9 Å². The number of carboxylic acids is 1. The van der Waals surface area contributed by atoms with Crippen LogP contribution in [0.3, 0.4) is 0 Å². The molecule has 1 aromatic carbocycles. The van der Waals surface area contributed by atoms with E-state index in [4.69, 9.17) is 9.53 Å². The molecule has 0 aliphatic rings. The third-order valence-electron chi connectivity index (χ3n) is 2.75. The summed E-state index contributed by atoms with van der Waals surface area (Å²) >= 11 is 0. The van der Waals surface area contributed by atoms with E-state index in [1.807, 2.05) is 24.3 Å². The second kappa shape index (κ2) is 6.35. The fourth-order valence-corrected chi connectivity index (χ4v) is 2.98. The number of aliphatic carboxylic acids is 1. The Kier molecular flexibility index (Phi) is 5.32. The lowest BCUT2D eigenvalue weighted by molar-refractivity contribution is -0.136. The van der Waals surface area contributed by atoms with Crippen LogP contribution in [0, 0.1) is 5.41 Å². The third kappa shape index (κ3) is 5.16. The molecule has 0 spiro atoms. The first-order valence-corrected chi connectivity index (χ1v) is 8.88. The zero-order valence-corrected chi connectivity index (χ0v) is 13.4. The summed E-state index contributed by atoms with van der Waals surface area (Å²) < 4.78 is 6.12. The molecular formula is C15H23O3Si. The van der Waals surface area contributed by atoms with Gasteiger partial charge in [-0.1, -0.05) is 45.0 Å². The number of hydrogen-bond donors (Lipinski definition) is 1. The van der Waals surface area contributed by atoms with Crippen LogP contribution in [-0.4, -0.2) is 20.1 Å². The average Bonchev–Trinajstić information content (AvgIpc) is 2.23. The van der Waals surface area contributed by atoms with Gasteiger partial charge in [0.25, 0.3) is 0 Å². The van der Waals surface area contributed by atoms with Gasteiger partial charge in [-0.15, -0.1) is 0 Å². The summed E-state index contributed by atoms with van der Waals surface area (Å²) in [5.41, 5.74) is 1.88. The van der Waals surface area contributed by atoms with Crippen LogP contribution in [0.5, 0.6) is 0 Å². The predicted molar refractivity (Wildman–Crippen MR) is 78.5 cm³/mol. The van der Waals surface area contributed by atoms with E-state index in [1.165, 1.54) is 0 Å². The standard InChI is InChI=1S/C15H23O3Si/c1-15(2,3)14(18-19(4)5)12-8-6-7-11(9-12)10-13(16)17/h6-9,14H,10H2,1-5H3,(H,16,17). The molecule has 1 atom stereocenters. The van der Waals surface area contributed by atoms with Crippen molar-refractivity contribution in [2.24, 2.45) is 5.41 Å². The van der Waals surface area contributed by atoms with Gasteiger partial charge in [-0.2, -0.15) is 0 Å². The van der Waals surface area contributed by atoms with E-state index in [1.54, 1.807) is 0 Å². The molecule has 0 amide bonds. The van der Waals surface area contributed by atoms with Crippen LogP contribution in [0.25, 0.3) is 0 Å². The SMILES string of the molecule is C[Si](C)OC(c1cccc(CC(=O)O)c1)C(C)(C)C. The van der Waals surface area contributed by atoms with Gasteiger partial charge >= 0.3 is 5.97 Å². The van der Waals surface area contributed by atoms with Gasteiger partial charge in [0.1, 0.15) is 0 Å². The van der Waals surface area contributed by atoms with Gasteiger partial charge < -0.3 is 9.53 Å². The van der Waals surface area contributed by atoms with E-state index in [2.05, 4.69) is 33.9 Å². The van der Waals surface area contributed by atoms with Crippen LogP contribution in [0.4, 0.5) is 0 Å². The van der Waals surface area contributed by atoms with Gasteiger partial charge in [-0.05, 0) is 29.6 Å². The lowest BCUT2D eigenvalue weighted by Crippen LogP contribution is -2.26. The second-order valence-electron chi connectivity index (χ2n) is 6.09. The molecule has 105 valence electrons. The number of hydrogen-bond acceptors (Lipinski definition) is 2. The van der Waals surface area contributed by atoms with Crippen LogP contribution in [0.15, 0.2) is 24.3 Å². The summed E-state index contributed by atoms with van der Waals surface area (Å²) in [6, 6.07) is 7.73. The van der Waals surface area contributed by atoms with Crippen LogP contribution in [0.1, 0.15) is 38.0 Å². The maximum atomic E-state index is 10.8. The predicted octanol–water partition coefficient (Wildman–Crippen LogP) is 3.67. The molecule has 0 aliphatic heterocycles. The highest BCUT2D eigenvalue weighted by atomic mass is 28.3. The Morgan fingerprint density at radius 1 is 1.37 bits per heavy atom. The first-order chi connectivity index (χ1) is 8.70. The lowest BCUT2D eigenvalue weighted by Gasteiger charge is -2.33. The Balaban J connectivity index is 3.05. The maximum Gasteiger partial charge on any atom is 0.307 e. The lowest BCUT2D eigenvalue weighted by atomic mass is 9.84. The molecule has 1 rings (SSSR count). The minimum atomic E-state index is -0.815. The van der Waals surface area contributed by atoms with Crippen LogP contribution in [0.2, 0.25) is 13.1 Å². The summed E-state index contributed by atoms with van der Waals surface area (Å²) in [4.78, 5) is 10.8. The molecule has 3 nitrogen and oxygen atoms in total. The third-order valence-corrected chi connectivity index (χ3v) is 3.46. The zero-order chi connectivity index (χ0) is 14.6. The molecule has 0 heterocycles. The van der Waals surface area contributed by atoms with Gasteiger partial charge in [0.05, 0.1) is 12.5 Å². The van der Waals surface area contributed by atoms with E-state index < -0.39 is 15.0 Å². The number of carboxylic acid groups (broad SMARTS) is 1. The molecule has 0 aromatic heterocycles. The van der Waals surface area contributed by atoms with E-state index >= 15 is 0 Å². The quantitative estimate of drug-likeness (QED) is 0.837. The number of rotatable bonds is 5. The van der Waals surface area contributed by atoms with Crippen molar-refractivity contribution in [3.8, 4) is 0 Å². The van der Waals surface area contributed by atoms with Gasteiger partial charge in [0, 0.05) is 0 Å². The smallest absolute Gasteiger partial charge is 0.307 e. The van der Waals surface area contributed by atoms with Gasteiger partial charge in [0.2, 0.25) is 9.04 Å². The highest BCUT2D eigenvalue weighted by Crippen LogP contribution is 2.36. The van der Waals surface area contributed by atoms with Crippen molar-refractivity contribution in [2.75, 3.05) is 0 Å². The molecule has 1 unspecified atom stereocenters. The number of benzene rings is 1. The van der Waals surface area contributed by atoms with Crippen molar-refractivity contribution >= 4 is 15.0 Å². The van der Waals surface area contributed by atoms with Crippen LogP contribution >= 0.6 is 0 Å². The molecule has 19 heavy (non-hydrogen) atoms. The summed E-state index contributed by atoms with van der Waals surface area (Å²) in [5.74, 6) is -0.805. The zero-order valence-electron chi connectivity index (χ0n) is 12.4. The minimum absolute atomic E-state index is 0.00475. The molecule has 1 radical (unpaired) electrons. The molecule has 0 bridgehead atoms. The Morgan fingerprint density at radius 3 is 2.47 bits per heavy atom. The van der Waals surface area contributed by atoms with Crippen molar-refractivity contribution in [1.29, 1.82) is 0 Å². The molecule has 0 saturated carbocycles. The summed E-state index contributed by atoms with van der Waals surface area (Å²) in [7, 11) is -0.815. The van der Waals surface area contributed by atoms with Crippen LogP contribution in [-0.2, 0) is 15.6 Å². The van der Waals surface area contributed by atoms with Crippen molar-refractivity contribution in [1.82, 2.24) is 0 Å². The fraction of sp³-hybridized carbons (Fsp3) is 0.533. The Labute approximate surface area is 117 Å². The van der Waals surface area contributed by atoms with E-state index in [0.717, 1.165) is 11.1 Å². The highest BCUT2D eigenvalue weighted by molar-refractivity contribution is 6.48. The summed E-state index contributed by atoms with van der Waals surface area (Å²) in [5, 5.41) is 8.88. The van der Waals surface area contributed by atoms with Crippen LogP contribution < -0.4 is 0 Å². The Hall–Kier alpha value is -1.13. The average molecular weight is 279 g/mol. The Bertz CT molecular complexity index is 435. The molecule has 1 aromatic rings. The van der Waals surface area contributed by atoms with Crippen molar-refractivity contribution in [3.63, 3.8) is 0 Å². The van der Waals surface area contributed by atoms with Gasteiger partial charge in [-0.25, -0.2) is 0 Å². The van der Waals surface area contributed by atoms with Crippen molar-refractivity contribution < 1.29 is 14.3 Å². The first kappa shape index (κ1) is 15.9. The topological polar surface area (TPSA) is 46.5 Å². The molecule has 1 N–H and O–H groups in total. The minimum Gasteiger partial charge on any atom is -0.481 e. The molecule has 0 aliphatic carbocycles.